The molecule has 0 aliphatic carbocycles. The number of carbonyl (C=O) groups excluding carboxylic acids is 2. The summed E-state index contributed by atoms with van der Waals surface area (Å²) in [6, 6.07) is 25.2. The molecule has 4 rings (SSSR count). The fourth-order valence-corrected chi connectivity index (χ4v) is 4.23. The summed E-state index contributed by atoms with van der Waals surface area (Å²) in [7, 11) is 0. The molecule has 0 aliphatic heterocycles. The smallest absolute Gasteiger partial charge is 0.369 e. The Balaban J connectivity index is 0.000000408. The molecule has 0 aliphatic rings. The highest BCUT2D eigenvalue weighted by Crippen LogP contribution is 2.31. The van der Waals surface area contributed by atoms with E-state index in [0.717, 1.165) is 28.8 Å². The molecule has 1 atom stereocenters. The van der Waals surface area contributed by atoms with Crippen molar-refractivity contribution < 1.29 is 27.2 Å². The van der Waals surface area contributed by atoms with Crippen molar-refractivity contribution in [2.75, 3.05) is 11.4 Å². The van der Waals surface area contributed by atoms with E-state index in [9.17, 15) is 27.2 Å². The predicted molar refractivity (Wildman–Crippen MR) is 156 cm³/mol. The first-order valence-electron chi connectivity index (χ1n) is 13.2. The Hall–Kier alpha value is -4.50. The molecular formula is C33H33F4N3O2. The van der Waals surface area contributed by atoms with E-state index >= 15 is 0 Å². The summed E-state index contributed by atoms with van der Waals surface area (Å²) < 4.78 is 53.0. The van der Waals surface area contributed by atoms with Crippen LogP contribution in [0.25, 0.3) is 0 Å². The number of alkyl halides is 3. The lowest BCUT2D eigenvalue weighted by Crippen LogP contribution is -2.40. The quantitative estimate of drug-likeness (QED) is 0.235. The number of anilines is 1. The first-order valence-corrected chi connectivity index (χ1v) is 13.2. The largest absolute Gasteiger partial charge is 0.416 e. The van der Waals surface area contributed by atoms with Crippen molar-refractivity contribution >= 4 is 17.5 Å². The van der Waals surface area contributed by atoms with Crippen LogP contribution in [0.5, 0.6) is 0 Å². The lowest BCUT2D eigenvalue weighted by Gasteiger charge is -2.27. The van der Waals surface area contributed by atoms with Gasteiger partial charge in [-0.1, -0.05) is 66.7 Å². The van der Waals surface area contributed by atoms with Gasteiger partial charge in [0.25, 0.3) is 0 Å². The van der Waals surface area contributed by atoms with E-state index in [0.29, 0.717) is 23.7 Å². The molecule has 0 heterocycles. The Morgan fingerprint density at radius 2 is 1.43 bits per heavy atom. The average molecular weight is 580 g/mol. The fraction of sp³-hybridized carbons (Fsp3) is 0.212. The Bertz CT molecular complexity index is 1490. The van der Waals surface area contributed by atoms with Crippen molar-refractivity contribution in [1.82, 2.24) is 0 Å². The second-order valence-electron chi connectivity index (χ2n) is 9.87. The number of hydrogen-bond acceptors (Lipinski definition) is 3. The van der Waals surface area contributed by atoms with E-state index < -0.39 is 29.5 Å². The molecule has 4 aromatic rings. The van der Waals surface area contributed by atoms with E-state index in [-0.39, 0.29) is 24.4 Å². The number of nitrogens with two attached hydrogens (primary N) is 2. The third-order valence-electron chi connectivity index (χ3n) is 6.62. The molecule has 0 saturated heterocycles. The molecule has 220 valence electrons. The van der Waals surface area contributed by atoms with Crippen molar-refractivity contribution in [1.29, 1.82) is 0 Å². The Morgan fingerprint density at radius 3 is 2.00 bits per heavy atom. The van der Waals surface area contributed by atoms with Gasteiger partial charge in [0.05, 0.1) is 12.0 Å². The van der Waals surface area contributed by atoms with Crippen LogP contribution in [0, 0.1) is 19.7 Å². The average Bonchev–Trinajstić information content (AvgIpc) is 2.95. The first-order chi connectivity index (χ1) is 19.8. The van der Waals surface area contributed by atoms with Gasteiger partial charge in [-0.05, 0) is 78.4 Å². The SMILES string of the molecule is Cc1ccc(N(CCc2cc(F)cc(C(F)(F)F)c2)C(=O)[C@@H](N)c2ccccc2)cc1C.NC(=O)Cc1ccccc1. The summed E-state index contributed by atoms with van der Waals surface area (Å²) in [5.74, 6) is -1.65. The molecule has 9 heteroatoms. The maximum absolute atomic E-state index is 13.8. The van der Waals surface area contributed by atoms with Crippen molar-refractivity contribution in [2.45, 2.75) is 38.9 Å². The molecule has 4 aromatic carbocycles. The second-order valence-corrected chi connectivity index (χ2v) is 9.87. The number of hydrogen-bond donors (Lipinski definition) is 2. The fourth-order valence-electron chi connectivity index (χ4n) is 4.23. The van der Waals surface area contributed by atoms with Crippen LogP contribution in [-0.2, 0) is 28.6 Å². The maximum Gasteiger partial charge on any atom is 0.416 e. The van der Waals surface area contributed by atoms with Gasteiger partial charge >= 0.3 is 6.18 Å². The van der Waals surface area contributed by atoms with Gasteiger partial charge in [0.1, 0.15) is 11.9 Å². The molecule has 2 amide bonds. The molecule has 0 unspecified atom stereocenters. The topological polar surface area (TPSA) is 89.4 Å². The van der Waals surface area contributed by atoms with Gasteiger partial charge in [-0.2, -0.15) is 13.2 Å². The summed E-state index contributed by atoms with van der Waals surface area (Å²) in [4.78, 5) is 25.1. The van der Waals surface area contributed by atoms with Gasteiger partial charge in [0, 0.05) is 12.2 Å². The number of halogens is 4. The van der Waals surface area contributed by atoms with E-state index in [4.69, 9.17) is 11.5 Å². The van der Waals surface area contributed by atoms with Gasteiger partial charge in [0.15, 0.2) is 0 Å². The molecule has 0 bridgehead atoms. The van der Waals surface area contributed by atoms with Crippen LogP contribution in [0.15, 0.2) is 97.1 Å². The number of primary amides is 1. The first kappa shape index (κ1) is 32.0. The predicted octanol–water partition coefficient (Wildman–Crippen LogP) is 6.45. The van der Waals surface area contributed by atoms with E-state index in [2.05, 4.69) is 0 Å². The molecule has 42 heavy (non-hydrogen) atoms. The maximum atomic E-state index is 13.8. The standard InChI is InChI=1S/C25H24F4N2O.C8H9NO/c1-16-8-9-22(12-17(16)2)31(24(32)23(30)19-6-4-3-5-7-19)11-10-18-13-20(25(27,28)29)15-21(26)14-18;9-8(10)6-7-4-2-1-3-5-7/h3-9,12-15,23H,10-11,30H2,1-2H3;1-5H,6H2,(H2,9,10)/t23-;/m0./s1. The minimum atomic E-state index is -4.66. The Kier molecular flexibility index (Phi) is 11.0. The number of rotatable bonds is 8. The third kappa shape index (κ3) is 9.27. The van der Waals surface area contributed by atoms with Crippen molar-refractivity contribution in [2.24, 2.45) is 11.5 Å². The van der Waals surface area contributed by atoms with Crippen LogP contribution in [0.4, 0.5) is 23.2 Å². The Labute approximate surface area is 242 Å². The van der Waals surface area contributed by atoms with Gasteiger partial charge in [-0.25, -0.2) is 4.39 Å². The molecule has 4 N–H and O–H groups in total. The summed E-state index contributed by atoms with van der Waals surface area (Å²) in [5.41, 5.74) is 14.5. The zero-order valence-corrected chi connectivity index (χ0v) is 23.4. The highest BCUT2D eigenvalue weighted by molar-refractivity contribution is 5.97. The molecular weight excluding hydrogens is 546 g/mol. The zero-order valence-electron chi connectivity index (χ0n) is 23.4. The van der Waals surface area contributed by atoms with Crippen LogP contribution in [-0.4, -0.2) is 18.4 Å². The molecule has 0 fully saturated rings. The van der Waals surface area contributed by atoms with Gasteiger partial charge < -0.3 is 16.4 Å². The van der Waals surface area contributed by atoms with E-state index in [1.165, 1.54) is 4.90 Å². The van der Waals surface area contributed by atoms with E-state index in [1.807, 2.05) is 62.4 Å². The number of carbonyl (C=O) groups is 2. The van der Waals surface area contributed by atoms with Crippen molar-refractivity contribution in [3.05, 3.63) is 136 Å². The highest BCUT2D eigenvalue weighted by atomic mass is 19.4. The van der Waals surface area contributed by atoms with Crippen LogP contribution in [0.3, 0.4) is 0 Å². The summed E-state index contributed by atoms with van der Waals surface area (Å²) in [6.45, 7) is 3.88. The molecule has 0 radical (unpaired) electrons. The number of amides is 2. The van der Waals surface area contributed by atoms with Gasteiger partial charge in [-0.3, -0.25) is 9.59 Å². The minimum absolute atomic E-state index is 0.0288. The monoisotopic (exact) mass is 579 g/mol. The van der Waals surface area contributed by atoms with Crippen LogP contribution in [0.2, 0.25) is 0 Å². The van der Waals surface area contributed by atoms with Gasteiger partial charge in [-0.15, -0.1) is 0 Å². The minimum Gasteiger partial charge on any atom is -0.369 e. The molecule has 0 saturated carbocycles. The molecule has 0 spiro atoms. The highest BCUT2D eigenvalue weighted by Gasteiger charge is 2.31. The van der Waals surface area contributed by atoms with Crippen molar-refractivity contribution in [3.63, 3.8) is 0 Å². The van der Waals surface area contributed by atoms with Crippen LogP contribution in [0.1, 0.15) is 39.4 Å². The number of aryl methyl sites for hydroxylation is 2. The normalized spacial score (nSPS) is 11.7. The lowest BCUT2D eigenvalue weighted by molar-refractivity contribution is -0.137. The van der Waals surface area contributed by atoms with E-state index in [1.54, 1.807) is 30.3 Å². The third-order valence-corrected chi connectivity index (χ3v) is 6.62. The summed E-state index contributed by atoms with van der Waals surface area (Å²) in [6.07, 6.45) is -4.29. The van der Waals surface area contributed by atoms with Crippen molar-refractivity contribution in [3.8, 4) is 0 Å². The lowest BCUT2D eigenvalue weighted by atomic mass is 10.0. The zero-order chi connectivity index (χ0) is 30.9. The molecule has 5 nitrogen and oxygen atoms in total. The van der Waals surface area contributed by atoms with Gasteiger partial charge in [0.2, 0.25) is 11.8 Å². The summed E-state index contributed by atoms with van der Waals surface area (Å²) >= 11 is 0. The molecule has 0 aromatic heterocycles. The van der Waals surface area contributed by atoms with Crippen LogP contribution >= 0.6 is 0 Å². The second kappa shape index (κ2) is 14.4. The summed E-state index contributed by atoms with van der Waals surface area (Å²) in [5, 5.41) is 0. The number of benzene rings is 4. The Morgan fingerprint density at radius 1 is 0.810 bits per heavy atom. The van der Waals surface area contributed by atoms with Crippen LogP contribution < -0.4 is 16.4 Å². The number of nitrogens with zero attached hydrogens (tertiary/aromatic N) is 1.